The van der Waals surface area contributed by atoms with E-state index in [0.717, 1.165) is 25.8 Å². The Morgan fingerprint density at radius 3 is 2.67 bits per heavy atom. The molecule has 0 N–H and O–H groups in total. The van der Waals surface area contributed by atoms with Crippen LogP contribution in [0.3, 0.4) is 0 Å². The summed E-state index contributed by atoms with van der Waals surface area (Å²) in [5.41, 5.74) is 0. The van der Waals surface area contributed by atoms with Crippen LogP contribution in [-0.4, -0.2) is 46.8 Å². The molecule has 0 aliphatic carbocycles. The second kappa shape index (κ2) is 5.12. The zero-order valence-electron chi connectivity index (χ0n) is 11.3. The molecule has 2 amide bonds. The van der Waals surface area contributed by atoms with Gasteiger partial charge in [0.15, 0.2) is 0 Å². The van der Waals surface area contributed by atoms with Gasteiger partial charge >= 0.3 is 0 Å². The first-order chi connectivity index (χ1) is 8.57. The molecule has 0 aromatic heterocycles. The fourth-order valence-corrected chi connectivity index (χ4v) is 3.07. The van der Waals surface area contributed by atoms with Crippen molar-refractivity contribution in [1.29, 1.82) is 0 Å². The van der Waals surface area contributed by atoms with Crippen molar-refractivity contribution >= 4 is 11.8 Å². The first-order valence-electron chi connectivity index (χ1n) is 6.79. The lowest BCUT2D eigenvalue weighted by molar-refractivity contribution is -0.165. The van der Waals surface area contributed by atoms with Crippen molar-refractivity contribution < 1.29 is 9.59 Å². The highest BCUT2D eigenvalue weighted by atomic mass is 16.2. The first kappa shape index (κ1) is 13.1. The van der Waals surface area contributed by atoms with E-state index in [0.29, 0.717) is 6.54 Å². The maximum atomic E-state index is 12.5. The van der Waals surface area contributed by atoms with Crippen LogP contribution in [0.1, 0.15) is 33.1 Å². The summed E-state index contributed by atoms with van der Waals surface area (Å²) in [4.78, 5) is 28.5. The molecule has 2 heterocycles. The average molecular weight is 250 g/mol. The van der Waals surface area contributed by atoms with E-state index in [1.807, 2.05) is 13.8 Å². The fraction of sp³-hybridized carbons (Fsp3) is 0.714. The standard InChI is InChI=1S/C14H22N2O2/c1-4-8-16-12(10(2)3)14(18)15-9-6-5-7-11(15)13(16)17/h4,10-12H,1,5-9H2,2-3H3. The molecule has 0 bridgehead atoms. The van der Waals surface area contributed by atoms with E-state index in [2.05, 4.69) is 6.58 Å². The SMILES string of the molecule is C=CCN1C(=O)C2CCCCN2C(=O)C1C(C)C. The number of nitrogens with zero attached hydrogens (tertiary/aromatic N) is 2. The maximum absolute atomic E-state index is 12.5. The second-order valence-corrected chi connectivity index (χ2v) is 5.51. The molecule has 0 spiro atoms. The van der Waals surface area contributed by atoms with Crippen LogP contribution in [0.25, 0.3) is 0 Å². The summed E-state index contributed by atoms with van der Waals surface area (Å²) in [6.45, 7) is 8.89. The van der Waals surface area contributed by atoms with Gasteiger partial charge in [0.2, 0.25) is 11.8 Å². The minimum absolute atomic E-state index is 0.105. The smallest absolute Gasteiger partial charge is 0.246 e. The molecule has 2 aliphatic heterocycles. The molecule has 0 aromatic rings. The van der Waals surface area contributed by atoms with Gasteiger partial charge in [-0.2, -0.15) is 0 Å². The van der Waals surface area contributed by atoms with Gasteiger partial charge in [0.1, 0.15) is 12.1 Å². The number of amides is 2. The number of hydrogen-bond donors (Lipinski definition) is 0. The molecule has 0 saturated carbocycles. The topological polar surface area (TPSA) is 40.6 Å². The monoisotopic (exact) mass is 250 g/mol. The molecular formula is C14H22N2O2. The number of carbonyl (C=O) groups is 2. The van der Waals surface area contributed by atoms with Gasteiger partial charge in [-0.1, -0.05) is 19.9 Å². The summed E-state index contributed by atoms with van der Waals surface area (Å²) in [5, 5.41) is 0. The van der Waals surface area contributed by atoms with Crippen molar-refractivity contribution in [3.8, 4) is 0 Å². The third-order valence-corrected chi connectivity index (χ3v) is 3.90. The molecule has 2 rings (SSSR count). The van der Waals surface area contributed by atoms with E-state index in [9.17, 15) is 9.59 Å². The van der Waals surface area contributed by atoms with Gasteiger partial charge in [0.25, 0.3) is 0 Å². The van der Waals surface area contributed by atoms with Crippen molar-refractivity contribution in [2.75, 3.05) is 13.1 Å². The summed E-state index contributed by atoms with van der Waals surface area (Å²) >= 11 is 0. The highest BCUT2D eigenvalue weighted by molar-refractivity contribution is 5.97. The van der Waals surface area contributed by atoms with Crippen LogP contribution >= 0.6 is 0 Å². The average Bonchev–Trinajstić information content (AvgIpc) is 2.35. The van der Waals surface area contributed by atoms with Gasteiger partial charge in [0.05, 0.1) is 0 Å². The van der Waals surface area contributed by atoms with Crippen LogP contribution in [0.15, 0.2) is 12.7 Å². The van der Waals surface area contributed by atoms with Crippen molar-refractivity contribution in [3.05, 3.63) is 12.7 Å². The Balaban J connectivity index is 2.31. The molecule has 0 aromatic carbocycles. The molecular weight excluding hydrogens is 228 g/mol. The first-order valence-corrected chi connectivity index (χ1v) is 6.79. The number of piperidine rings is 1. The predicted octanol–water partition coefficient (Wildman–Crippen LogP) is 1.42. The molecule has 2 aliphatic rings. The van der Waals surface area contributed by atoms with Gasteiger partial charge in [-0.3, -0.25) is 9.59 Å². The minimum atomic E-state index is -0.315. The van der Waals surface area contributed by atoms with Crippen LogP contribution in [0.5, 0.6) is 0 Å². The van der Waals surface area contributed by atoms with Gasteiger partial charge in [-0.25, -0.2) is 0 Å². The molecule has 4 heteroatoms. The largest absolute Gasteiger partial charge is 0.329 e. The zero-order chi connectivity index (χ0) is 13.3. The number of carbonyl (C=O) groups excluding carboxylic acids is 2. The third kappa shape index (κ3) is 2.04. The molecule has 2 fully saturated rings. The van der Waals surface area contributed by atoms with E-state index in [1.54, 1.807) is 15.9 Å². The van der Waals surface area contributed by atoms with Crippen LogP contribution in [0, 0.1) is 5.92 Å². The number of hydrogen-bond acceptors (Lipinski definition) is 2. The van der Waals surface area contributed by atoms with Crippen LogP contribution in [0.2, 0.25) is 0 Å². The van der Waals surface area contributed by atoms with Crippen molar-refractivity contribution in [2.45, 2.75) is 45.2 Å². The van der Waals surface area contributed by atoms with Gasteiger partial charge in [0, 0.05) is 13.1 Å². The normalized spacial score (nSPS) is 28.6. The Labute approximate surface area is 109 Å². The van der Waals surface area contributed by atoms with Gasteiger partial charge in [-0.05, 0) is 25.2 Å². The summed E-state index contributed by atoms with van der Waals surface area (Å²) in [6.07, 6.45) is 4.57. The van der Waals surface area contributed by atoms with E-state index in [4.69, 9.17) is 0 Å². The Morgan fingerprint density at radius 2 is 2.06 bits per heavy atom. The van der Waals surface area contributed by atoms with Crippen molar-refractivity contribution in [3.63, 3.8) is 0 Å². The highest BCUT2D eigenvalue weighted by Crippen LogP contribution is 2.28. The zero-order valence-corrected chi connectivity index (χ0v) is 11.3. The number of piperazine rings is 1. The lowest BCUT2D eigenvalue weighted by Gasteiger charge is -2.48. The maximum Gasteiger partial charge on any atom is 0.246 e. The molecule has 0 radical (unpaired) electrons. The highest BCUT2D eigenvalue weighted by Gasteiger charge is 2.46. The van der Waals surface area contributed by atoms with Crippen molar-refractivity contribution in [1.82, 2.24) is 9.80 Å². The number of fused-ring (bicyclic) bond motifs is 1. The quantitative estimate of drug-likeness (QED) is 0.711. The molecule has 2 unspecified atom stereocenters. The van der Waals surface area contributed by atoms with Crippen LogP contribution in [-0.2, 0) is 9.59 Å². The molecule has 2 saturated heterocycles. The molecule has 4 nitrogen and oxygen atoms in total. The Bertz CT molecular complexity index is 365. The van der Waals surface area contributed by atoms with E-state index < -0.39 is 0 Å². The van der Waals surface area contributed by atoms with Crippen LogP contribution in [0.4, 0.5) is 0 Å². The summed E-state index contributed by atoms with van der Waals surface area (Å²) in [6, 6.07) is -0.536. The summed E-state index contributed by atoms with van der Waals surface area (Å²) < 4.78 is 0. The molecule has 2 atom stereocenters. The fourth-order valence-electron chi connectivity index (χ4n) is 3.07. The Morgan fingerprint density at radius 1 is 1.33 bits per heavy atom. The minimum Gasteiger partial charge on any atom is -0.329 e. The summed E-state index contributed by atoms with van der Waals surface area (Å²) in [7, 11) is 0. The summed E-state index contributed by atoms with van der Waals surface area (Å²) in [5.74, 6) is 0.369. The third-order valence-electron chi connectivity index (χ3n) is 3.90. The second-order valence-electron chi connectivity index (χ2n) is 5.51. The Hall–Kier alpha value is -1.32. The van der Waals surface area contributed by atoms with Gasteiger partial charge < -0.3 is 9.80 Å². The van der Waals surface area contributed by atoms with Gasteiger partial charge in [-0.15, -0.1) is 6.58 Å². The molecule has 18 heavy (non-hydrogen) atoms. The van der Waals surface area contributed by atoms with E-state index in [-0.39, 0.29) is 29.8 Å². The predicted molar refractivity (Wildman–Crippen MR) is 69.9 cm³/mol. The van der Waals surface area contributed by atoms with Crippen LogP contribution < -0.4 is 0 Å². The van der Waals surface area contributed by atoms with Crippen molar-refractivity contribution in [2.24, 2.45) is 5.92 Å². The molecule has 100 valence electrons. The Kier molecular flexibility index (Phi) is 3.73. The van der Waals surface area contributed by atoms with E-state index >= 15 is 0 Å². The lowest BCUT2D eigenvalue weighted by atomic mass is 9.91. The van der Waals surface area contributed by atoms with E-state index in [1.165, 1.54) is 0 Å². The lowest BCUT2D eigenvalue weighted by Crippen LogP contribution is -2.66. The number of rotatable bonds is 3.